The predicted molar refractivity (Wildman–Crippen MR) is 248 cm³/mol. The quantitative estimate of drug-likeness (QED) is 0.0361. The van der Waals surface area contributed by atoms with Crippen molar-refractivity contribution in [1.82, 2.24) is 25.9 Å². The van der Waals surface area contributed by atoms with Crippen molar-refractivity contribution in [3.8, 4) is 0 Å². The van der Waals surface area contributed by atoms with Gasteiger partial charge in [-0.15, -0.1) is 0 Å². The highest BCUT2D eigenvalue weighted by atomic mass is 32.2. The number of amides is 3. The second kappa shape index (κ2) is 21.8. The Bertz CT molecular complexity index is 2470. The van der Waals surface area contributed by atoms with Crippen molar-refractivity contribution in [3.63, 3.8) is 0 Å². The summed E-state index contributed by atoms with van der Waals surface area (Å²) in [6.45, 7) is 17.7. The zero-order valence-electron chi connectivity index (χ0n) is 38.4. The van der Waals surface area contributed by atoms with Gasteiger partial charge in [0.1, 0.15) is 24.8 Å². The number of benzene rings is 3. The van der Waals surface area contributed by atoms with Crippen LogP contribution < -0.4 is 31.6 Å². The molecule has 3 amide bonds. The Balaban J connectivity index is 1.90. The molecular formula is C43H64N6O12S4. The monoisotopic (exact) mass is 984 g/mol. The molecule has 0 unspecified atom stereocenters. The maximum absolute atomic E-state index is 13.8. The van der Waals surface area contributed by atoms with E-state index in [-0.39, 0.29) is 31.8 Å². The van der Waals surface area contributed by atoms with Crippen LogP contribution in [0.15, 0.2) is 87.5 Å². The second-order valence-electron chi connectivity index (χ2n) is 17.6. The molecule has 3 rings (SSSR count). The van der Waals surface area contributed by atoms with Gasteiger partial charge in [-0.3, -0.25) is 29.3 Å². The lowest BCUT2D eigenvalue weighted by Crippen LogP contribution is -2.63. The van der Waals surface area contributed by atoms with Gasteiger partial charge in [-0.2, -0.15) is 22.1 Å². The van der Waals surface area contributed by atoms with Gasteiger partial charge in [-0.05, 0) is 95.5 Å². The van der Waals surface area contributed by atoms with Crippen LogP contribution in [-0.4, -0.2) is 83.6 Å². The van der Waals surface area contributed by atoms with Gasteiger partial charge in [0.15, 0.2) is 0 Å². The third kappa shape index (κ3) is 13.1. The Labute approximate surface area is 388 Å². The topological polar surface area (TPSA) is 278 Å². The standard InChI is InChI=1S/C43H64N6O12S4/c1-11-40(5,6)29-14-20-32(21-15-29)63(54,55)43(44,39(52)45-53)27-60-46-38(51)36(49-65(58,59)34-24-18-31(19-25-34)42(9,10)13-3)28(4)61-47-37(50)35(26-62)48-64(56,57)33-22-16-30(17-23-33)41(7,8)12-2/h14-25,28,35-36,48-49,53,62H,11-13,26-27,44H2,1-10H3,(H,45,52)(H,46,51)(H,47,50)/t28-,35+,36+,43-/m1/s1. The minimum Gasteiger partial charge on any atom is -0.302 e. The number of sulfonamides is 2. The summed E-state index contributed by atoms with van der Waals surface area (Å²) in [5.74, 6) is -4.37. The molecule has 362 valence electrons. The van der Waals surface area contributed by atoms with E-state index in [0.29, 0.717) is 0 Å². The van der Waals surface area contributed by atoms with Gasteiger partial charge < -0.3 is 5.73 Å². The fourth-order valence-electron chi connectivity index (χ4n) is 6.03. The van der Waals surface area contributed by atoms with Crippen molar-refractivity contribution in [3.05, 3.63) is 89.5 Å². The van der Waals surface area contributed by atoms with Crippen molar-refractivity contribution >= 4 is 60.2 Å². The summed E-state index contributed by atoms with van der Waals surface area (Å²) in [7, 11) is -13.7. The van der Waals surface area contributed by atoms with Crippen molar-refractivity contribution in [1.29, 1.82) is 0 Å². The van der Waals surface area contributed by atoms with Crippen LogP contribution >= 0.6 is 12.6 Å². The molecule has 0 saturated carbocycles. The van der Waals surface area contributed by atoms with E-state index >= 15 is 0 Å². The zero-order chi connectivity index (χ0) is 49.4. The van der Waals surface area contributed by atoms with Crippen molar-refractivity contribution in [2.45, 2.75) is 142 Å². The first-order valence-corrected chi connectivity index (χ1v) is 25.9. The molecule has 65 heavy (non-hydrogen) atoms. The lowest BCUT2D eigenvalue weighted by molar-refractivity contribution is -0.150. The number of rotatable bonds is 24. The van der Waals surface area contributed by atoms with Gasteiger partial charge in [0.2, 0.25) is 34.8 Å². The number of carbonyl (C=O) groups is 3. The van der Waals surface area contributed by atoms with Gasteiger partial charge in [-0.25, -0.2) is 41.7 Å². The molecule has 0 aliphatic carbocycles. The van der Waals surface area contributed by atoms with Gasteiger partial charge in [0, 0.05) is 5.75 Å². The summed E-state index contributed by atoms with van der Waals surface area (Å²) in [5, 5.41) is 9.51. The lowest BCUT2D eigenvalue weighted by Gasteiger charge is -2.28. The molecule has 0 fully saturated rings. The number of hydroxylamine groups is 3. The fraction of sp³-hybridized carbons (Fsp3) is 0.512. The molecule has 0 aliphatic heterocycles. The first-order valence-electron chi connectivity index (χ1n) is 20.8. The number of nitrogens with one attached hydrogen (secondary N) is 5. The number of nitrogens with two attached hydrogens (primary N) is 1. The Kier molecular flexibility index (Phi) is 18.5. The third-order valence-corrected chi connectivity index (χ3v) is 17.6. The molecule has 3 aromatic rings. The Morgan fingerprint density at radius 3 is 1.40 bits per heavy atom. The molecule has 0 spiro atoms. The summed E-state index contributed by atoms with van der Waals surface area (Å²) in [5.41, 5.74) is 13.0. The van der Waals surface area contributed by atoms with Crippen LogP contribution in [0.5, 0.6) is 0 Å². The number of hydrogen-bond donors (Lipinski definition) is 8. The fourth-order valence-corrected chi connectivity index (χ4v) is 10.3. The molecule has 4 atom stereocenters. The first-order chi connectivity index (χ1) is 30.0. The number of thiol groups is 1. The molecule has 3 aromatic carbocycles. The van der Waals surface area contributed by atoms with E-state index in [2.05, 4.69) is 22.1 Å². The van der Waals surface area contributed by atoms with Crippen LogP contribution in [0.3, 0.4) is 0 Å². The number of sulfone groups is 1. The SMILES string of the molecule is CCC(C)(C)c1ccc(S(=O)(=O)N[C@@H](CS)C(=O)NO[C@H](C)[C@H](NS(=O)(=O)c2ccc(C(C)(C)CC)cc2)C(=O)NOC[C@](N)(C(=O)NO)S(=O)(=O)c2ccc(C(C)(C)CC)cc2)cc1. The zero-order valence-corrected chi connectivity index (χ0v) is 41.7. The molecule has 0 bridgehead atoms. The second-order valence-corrected chi connectivity index (χ2v) is 23.6. The Hall–Kier alpha value is -3.97. The molecule has 0 aliphatic rings. The van der Waals surface area contributed by atoms with Crippen LogP contribution in [0.1, 0.15) is 105 Å². The smallest absolute Gasteiger partial charge is 0.282 e. The summed E-state index contributed by atoms with van der Waals surface area (Å²) in [6, 6.07) is 14.1. The highest BCUT2D eigenvalue weighted by Crippen LogP contribution is 2.31. The molecule has 0 aromatic heterocycles. The number of hydrogen-bond acceptors (Lipinski definition) is 14. The van der Waals surface area contributed by atoms with Crippen LogP contribution in [0.25, 0.3) is 0 Å². The van der Waals surface area contributed by atoms with E-state index in [0.717, 1.165) is 36.0 Å². The Morgan fingerprint density at radius 2 is 1.03 bits per heavy atom. The molecule has 22 heteroatoms. The van der Waals surface area contributed by atoms with E-state index in [9.17, 15) is 44.8 Å². The largest absolute Gasteiger partial charge is 0.302 e. The highest BCUT2D eigenvalue weighted by Gasteiger charge is 2.49. The molecule has 8 N–H and O–H groups in total. The van der Waals surface area contributed by atoms with Crippen LogP contribution in [0, 0.1) is 0 Å². The molecule has 0 saturated heterocycles. The summed E-state index contributed by atoms with van der Waals surface area (Å²) >= 11 is 4.12. The van der Waals surface area contributed by atoms with Gasteiger partial charge in [0.05, 0.1) is 14.7 Å². The minimum absolute atomic E-state index is 0.126. The highest BCUT2D eigenvalue weighted by molar-refractivity contribution is 7.93. The van der Waals surface area contributed by atoms with E-state index in [1.165, 1.54) is 48.8 Å². The number of carbonyl (C=O) groups excluding carboxylic acids is 3. The summed E-state index contributed by atoms with van der Waals surface area (Å²) < 4.78 is 86.2. The molecule has 0 radical (unpaired) electrons. The maximum Gasteiger partial charge on any atom is 0.282 e. The average molecular weight is 985 g/mol. The van der Waals surface area contributed by atoms with E-state index in [1.807, 2.05) is 73.3 Å². The molecule has 0 heterocycles. The van der Waals surface area contributed by atoms with E-state index < -0.39 is 82.2 Å². The van der Waals surface area contributed by atoms with E-state index in [1.54, 1.807) is 36.4 Å². The molecular weight excluding hydrogens is 921 g/mol. The summed E-state index contributed by atoms with van der Waals surface area (Å²) in [4.78, 5) is 46.8. The van der Waals surface area contributed by atoms with Gasteiger partial charge in [-0.1, -0.05) is 98.7 Å². The predicted octanol–water partition coefficient (Wildman–Crippen LogP) is 3.79. The molecule has 18 nitrogen and oxygen atoms in total. The minimum atomic E-state index is -4.87. The van der Waals surface area contributed by atoms with E-state index in [4.69, 9.17) is 15.4 Å². The lowest BCUT2D eigenvalue weighted by atomic mass is 9.82. The third-order valence-electron chi connectivity index (χ3n) is 12.1. The normalized spacial score (nSPS) is 15.3. The van der Waals surface area contributed by atoms with Crippen LogP contribution in [-0.2, 0) is 70.2 Å². The van der Waals surface area contributed by atoms with Crippen LogP contribution in [0.2, 0.25) is 0 Å². The van der Waals surface area contributed by atoms with Crippen LogP contribution in [0.4, 0.5) is 0 Å². The summed E-state index contributed by atoms with van der Waals surface area (Å²) in [6.07, 6.45) is 0.660. The van der Waals surface area contributed by atoms with Crippen molar-refractivity contribution < 1.29 is 54.5 Å². The first kappa shape index (κ1) is 55.4. The average Bonchev–Trinajstić information content (AvgIpc) is 3.28. The van der Waals surface area contributed by atoms with Crippen molar-refractivity contribution in [2.24, 2.45) is 5.73 Å². The van der Waals surface area contributed by atoms with Gasteiger partial charge in [0.25, 0.3) is 17.7 Å². The van der Waals surface area contributed by atoms with Gasteiger partial charge >= 0.3 is 0 Å². The van der Waals surface area contributed by atoms with Crippen molar-refractivity contribution in [2.75, 3.05) is 12.4 Å². The maximum atomic E-state index is 13.8. The Morgan fingerprint density at radius 1 is 0.646 bits per heavy atom.